The van der Waals surface area contributed by atoms with Crippen molar-refractivity contribution in [3.63, 3.8) is 0 Å². The van der Waals surface area contributed by atoms with Crippen LogP contribution in [0.4, 0.5) is 0 Å². The Balaban J connectivity index is -0.00000125. The van der Waals surface area contributed by atoms with E-state index in [9.17, 15) is 9.59 Å². The Bertz CT molecular complexity index is 444. The molecule has 0 unspecified atom stereocenters. The molecule has 0 aromatic heterocycles. The van der Waals surface area contributed by atoms with E-state index in [4.69, 9.17) is 21.7 Å². The highest BCUT2D eigenvalue weighted by molar-refractivity contribution is 5.66. The molecule has 6 N–H and O–H groups in total. The number of nitrogens with two attached hydrogens (primary N) is 2. The summed E-state index contributed by atoms with van der Waals surface area (Å²) < 4.78 is 0. The molecule has 0 saturated heterocycles. The largest absolute Gasteiger partial charge is 0.481 e. The first-order chi connectivity index (χ1) is 15.2. The fourth-order valence-corrected chi connectivity index (χ4v) is 2.93. The second kappa shape index (κ2) is 29.3. The Kier molecular flexibility index (Phi) is 32.0. The van der Waals surface area contributed by atoms with Gasteiger partial charge in [0.15, 0.2) is 0 Å². The van der Waals surface area contributed by atoms with E-state index in [1.54, 1.807) is 0 Å². The van der Waals surface area contributed by atoms with Crippen molar-refractivity contribution in [3.8, 4) is 0 Å². The third kappa shape index (κ3) is 38.9. The van der Waals surface area contributed by atoms with E-state index in [2.05, 4.69) is 26.0 Å². The second-order valence-corrected chi connectivity index (χ2v) is 8.11. The summed E-state index contributed by atoms with van der Waals surface area (Å²) >= 11 is 0. The summed E-state index contributed by atoms with van der Waals surface area (Å²) in [5.41, 5.74) is 12.6. The lowest BCUT2D eigenvalue weighted by Gasteiger charge is -2.03. The van der Waals surface area contributed by atoms with Gasteiger partial charge in [0.2, 0.25) is 0 Å². The highest BCUT2D eigenvalue weighted by atomic mass is 16.4. The van der Waals surface area contributed by atoms with Gasteiger partial charge < -0.3 is 21.7 Å². The summed E-state index contributed by atoms with van der Waals surface area (Å²) in [6.07, 6.45) is 17.8. The molecule has 0 fully saturated rings. The lowest BCUT2D eigenvalue weighted by atomic mass is 10.0. The Morgan fingerprint density at radius 1 is 0.594 bits per heavy atom. The predicted octanol–water partition coefficient (Wildman–Crippen LogP) is 6.44. The van der Waals surface area contributed by atoms with Crippen LogP contribution in [0.5, 0.6) is 0 Å². The Morgan fingerprint density at radius 2 is 0.844 bits per heavy atom. The van der Waals surface area contributed by atoms with Crippen molar-refractivity contribution in [3.05, 3.63) is 23.3 Å². The molecule has 6 heteroatoms. The van der Waals surface area contributed by atoms with Crippen molar-refractivity contribution in [2.24, 2.45) is 11.5 Å². The van der Waals surface area contributed by atoms with Crippen LogP contribution in [0.3, 0.4) is 0 Å². The number of hydrogen-bond acceptors (Lipinski definition) is 4. The van der Waals surface area contributed by atoms with E-state index >= 15 is 0 Å². The van der Waals surface area contributed by atoms with Crippen molar-refractivity contribution in [2.45, 2.75) is 118 Å². The highest BCUT2D eigenvalue weighted by Gasteiger charge is 1.98. The minimum absolute atomic E-state index is 0.294. The fraction of sp³-hybridized carbons (Fsp3) is 0.769. The minimum atomic E-state index is -0.692. The fourth-order valence-electron chi connectivity index (χ4n) is 2.93. The average molecular weight is 457 g/mol. The summed E-state index contributed by atoms with van der Waals surface area (Å²) in [5.74, 6) is -1.38. The maximum atomic E-state index is 10.4. The van der Waals surface area contributed by atoms with Gasteiger partial charge in [-0.2, -0.15) is 0 Å². The van der Waals surface area contributed by atoms with Gasteiger partial charge in [0.25, 0.3) is 0 Å². The van der Waals surface area contributed by atoms with Gasteiger partial charge in [0.05, 0.1) is 0 Å². The topological polar surface area (TPSA) is 127 Å². The summed E-state index contributed by atoms with van der Waals surface area (Å²) in [7, 11) is 0. The van der Waals surface area contributed by atoms with Crippen LogP contribution in [0.25, 0.3) is 0 Å². The number of carboxylic acids is 2. The molecule has 0 amide bonds. The maximum absolute atomic E-state index is 10.4. The van der Waals surface area contributed by atoms with Crippen LogP contribution in [0.1, 0.15) is 118 Å². The minimum Gasteiger partial charge on any atom is -0.481 e. The number of hydrogen-bond donors (Lipinski definition) is 4. The maximum Gasteiger partial charge on any atom is 0.303 e. The van der Waals surface area contributed by atoms with Gasteiger partial charge in [-0.3, -0.25) is 9.59 Å². The van der Waals surface area contributed by atoms with Gasteiger partial charge in [0, 0.05) is 12.8 Å². The van der Waals surface area contributed by atoms with Crippen molar-refractivity contribution >= 4 is 11.9 Å². The lowest BCUT2D eigenvalue weighted by molar-refractivity contribution is -0.138. The van der Waals surface area contributed by atoms with E-state index in [0.717, 1.165) is 90.1 Å². The van der Waals surface area contributed by atoms with E-state index in [1.165, 1.54) is 11.1 Å². The first-order valence-electron chi connectivity index (χ1n) is 12.4. The van der Waals surface area contributed by atoms with Gasteiger partial charge in [-0.05, 0) is 78.3 Å². The van der Waals surface area contributed by atoms with Crippen LogP contribution < -0.4 is 11.5 Å². The summed E-state index contributed by atoms with van der Waals surface area (Å²) in [6.45, 7) is 9.68. The number of unbranched alkanes of at least 4 members (excludes halogenated alkanes) is 7. The van der Waals surface area contributed by atoms with E-state index < -0.39 is 11.9 Å². The van der Waals surface area contributed by atoms with Gasteiger partial charge >= 0.3 is 11.9 Å². The van der Waals surface area contributed by atoms with Crippen molar-refractivity contribution < 1.29 is 19.8 Å². The zero-order chi connectivity index (χ0) is 25.0. The Morgan fingerprint density at radius 3 is 1.09 bits per heavy atom. The van der Waals surface area contributed by atoms with Gasteiger partial charge in [-0.1, -0.05) is 62.8 Å². The summed E-state index contributed by atoms with van der Waals surface area (Å²) in [5, 5.41) is 17.2. The molecule has 6 nitrogen and oxygen atoms in total. The van der Waals surface area contributed by atoms with Gasteiger partial charge in [-0.25, -0.2) is 0 Å². The lowest BCUT2D eigenvalue weighted by Crippen LogP contribution is -1.93. The molecule has 0 spiro atoms. The monoisotopic (exact) mass is 456 g/mol. The molecule has 190 valence electrons. The predicted molar refractivity (Wildman–Crippen MR) is 137 cm³/mol. The van der Waals surface area contributed by atoms with E-state index in [0.29, 0.717) is 12.8 Å². The van der Waals surface area contributed by atoms with Gasteiger partial charge in [0.1, 0.15) is 0 Å². The quantitative estimate of drug-likeness (QED) is 0.147. The van der Waals surface area contributed by atoms with Crippen LogP contribution in [0, 0.1) is 0 Å². The first kappa shape index (κ1) is 34.9. The molecule has 0 rings (SSSR count). The Hall–Kier alpha value is -1.66. The first-order valence-corrected chi connectivity index (χ1v) is 12.4. The molecule has 0 radical (unpaired) electrons. The SMILES string of the molecule is C/C(=C\CC/C=C(\C)CCCCCCC(=O)O)CCCCCCC(=O)O.CCN.CCN. The van der Waals surface area contributed by atoms with Crippen LogP contribution in [-0.2, 0) is 9.59 Å². The molecule has 0 heterocycles. The third-order valence-electron chi connectivity index (χ3n) is 4.58. The van der Waals surface area contributed by atoms with Crippen LogP contribution >= 0.6 is 0 Å². The molecule has 0 aromatic carbocycles. The molecule has 32 heavy (non-hydrogen) atoms. The summed E-state index contributed by atoms with van der Waals surface area (Å²) in [4.78, 5) is 20.8. The number of carbonyl (C=O) groups is 2. The van der Waals surface area contributed by atoms with E-state index in [1.807, 2.05) is 13.8 Å². The molecule has 0 aliphatic carbocycles. The van der Waals surface area contributed by atoms with Crippen molar-refractivity contribution in [1.29, 1.82) is 0 Å². The standard InChI is InChI=1S/C22H38O4.2C2H7N/c1-19(13-7-3-5-9-17-21(23)24)15-11-12-16-20(2)14-8-4-6-10-18-22(25)26;2*1-2-3/h15-16H,3-14,17-18H2,1-2H3,(H,23,24)(H,25,26);2*2-3H2,1H3/b19-15+,20-16+;;. The number of rotatable bonds is 17. The zero-order valence-corrected chi connectivity index (χ0v) is 21.3. The van der Waals surface area contributed by atoms with E-state index in [-0.39, 0.29) is 0 Å². The van der Waals surface area contributed by atoms with Crippen molar-refractivity contribution in [2.75, 3.05) is 13.1 Å². The molecule has 0 aliphatic heterocycles. The number of carboxylic acid groups (broad SMARTS) is 2. The highest BCUT2D eigenvalue weighted by Crippen LogP contribution is 2.14. The molecule has 0 aromatic rings. The molecule has 0 atom stereocenters. The van der Waals surface area contributed by atoms with Gasteiger partial charge in [-0.15, -0.1) is 0 Å². The zero-order valence-electron chi connectivity index (χ0n) is 21.3. The molecule has 0 aliphatic rings. The smallest absolute Gasteiger partial charge is 0.303 e. The normalized spacial score (nSPS) is 11.2. The van der Waals surface area contributed by atoms with Crippen molar-refractivity contribution in [1.82, 2.24) is 0 Å². The Labute approximate surface area is 197 Å². The molecular weight excluding hydrogens is 404 g/mol. The number of allylic oxidation sites excluding steroid dienone is 4. The molecular formula is C26H52N2O4. The average Bonchev–Trinajstić information content (AvgIpc) is 2.71. The molecule has 0 saturated carbocycles. The van der Waals surface area contributed by atoms with Crippen LogP contribution in [0.15, 0.2) is 23.3 Å². The van der Waals surface area contributed by atoms with Crippen LogP contribution in [0.2, 0.25) is 0 Å². The molecule has 0 bridgehead atoms. The third-order valence-corrected chi connectivity index (χ3v) is 4.58. The van der Waals surface area contributed by atoms with Crippen LogP contribution in [-0.4, -0.2) is 35.2 Å². The second-order valence-electron chi connectivity index (χ2n) is 8.11. The number of aliphatic carboxylic acids is 2. The summed E-state index contributed by atoms with van der Waals surface area (Å²) in [6, 6.07) is 0.